The average molecular weight is 272 g/mol. The van der Waals surface area contributed by atoms with E-state index in [0.29, 0.717) is 18.5 Å². The second-order valence-corrected chi connectivity index (χ2v) is 4.78. The second kappa shape index (κ2) is 6.91. The average Bonchev–Trinajstić information content (AvgIpc) is 2.46. The van der Waals surface area contributed by atoms with E-state index in [1.807, 2.05) is 19.2 Å². The number of Topliss-reactive ketones (excluding diaryl/α,β-unsaturated/α-hetero) is 1. The molecule has 0 aliphatic heterocycles. The van der Waals surface area contributed by atoms with Gasteiger partial charge in [-0.25, -0.2) is 4.39 Å². The van der Waals surface area contributed by atoms with Crippen LogP contribution in [0.4, 0.5) is 4.39 Å². The molecule has 0 fully saturated rings. The predicted molar refractivity (Wildman–Crippen MR) is 75.9 cm³/mol. The summed E-state index contributed by atoms with van der Waals surface area (Å²) in [4.78, 5) is 18.0. The van der Waals surface area contributed by atoms with E-state index in [9.17, 15) is 9.18 Å². The van der Waals surface area contributed by atoms with Crippen molar-refractivity contribution in [3.8, 4) is 0 Å². The lowest BCUT2D eigenvalue weighted by Crippen LogP contribution is -2.21. The minimum Gasteiger partial charge on any atom is -0.302 e. The number of rotatable bonds is 6. The Hall–Kier alpha value is -2.07. The predicted octanol–water partition coefficient (Wildman–Crippen LogP) is 2.93. The molecule has 4 heteroatoms. The number of ketones is 1. The lowest BCUT2D eigenvalue weighted by Gasteiger charge is -2.16. The summed E-state index contributed by atoms with van der Waals surface area (Å²) < 4.78 is 13.0. The lowest BCUT2D eigenvalue weighted by molar-refractivity contribution is 0.0967. The highest BCUT2D eigenvalue weighted by Gasteiger charge is 2.08. The molecule has 0 aliphatic carbocycles. The molecule has 1 aromatic heterocycles. The Kier molecular flexibility index (Phi) is 4.96. The van der Waals surface area contributed by atoms with Gasteiger partial charge < -0.3 is 4.90 Å². The Morgan fingerprint density at radius 1 is 1.25 bits per heavy atom. The summed E-state index contributed by atoms with van der Waals surface area (Å²) in [6.45, 7) is 1.40. The first-order valence-electron chi connectivity index (χ1n) is 6.51. The van der Waals surface area contributed by atoms with Crippen molar-refractivity contribution < 1.29 is 9.18 Å². The van der Waals surface area contributed by atoms with Gasteiger partial charge in [0.05, 0.1) is 0 Å². The number of nitrogens with zero attached hydrogens (tertiary/aromatic N) is 2. The van der Waals surface area contributed by atoms with Crippen LogP contribution >= 0.6 is 0 Å². The van der Waals surface area contributed by atoms with Gasteiger partial charge in [-0.15, -0.1) is 0 Å². The third-order valence-electron chi connectivity index (χ3n) is 3.07. The van der Waals surface area contributed by atoms with Crippen molar-refractivity contribution in [3.05, 3.63) is 65.7 Å². The van der Waals surface area contributed by atoms with Gasteiger partial charge in [0.15, 0.2) is 5.78 Å². The number of carbonyl (C=O) groups excluding carboxylic acids is 1. The standard InChI is InChI=1S/C16H17FN2O/c1-19(12-13-5-8-18-9-6-13)10-7-16(20)14-3-2-4-15(17)11-14/h2-6,8-9,11H,7,10,12H2,1H3. The van der Waals surface area contributed by atoms with E-state index >= 15 is 0 Å². The summed E-state index contributed by atoms with van der Waals surface area (Å²) >= 11 is 0. The molecule has 0 atom stereocenters. The topological polar surface area (TPSA) is 33.2 Å². The number of benzene rings is 1. The van der Waals surface area contributed by atoms with E-state index < -0.39 is 0 Å². The molecule has 20 heavy (non-hydrogen) atoms. The number of carbonyl (C=O) groups is 1. The van der Waals surface area contributed by atoms with Gasteiger partial charge in [-0.05, 0) is 36.9 Å². The molecule has 0 aliphatic rings. The van der Waals surface area contributed by atoms with Crippen molar-refractivity contribution in [3.63, 3.8) is 0 Å². The van der Waals surface area contributed by atoms with Crippen molar-refractivity contribution in [2.45, 2.75) is 13.0 Å². The molecule has 0 saturated heterocycles. The number of hydrogen-bond donors (Lipinski definition) is 0. The Morgan fingerprint density at radius 2 is 2.00 bits per heavy atom. The molecular formula is C16H17FN2O. The molecule has 0 N–H and O–H groups in total. The van der Waals surface area contributed by atoms with Crippen LogP contribution in [-0.2, 0) is 6.54 Å². The maximum Gasteiger partial charge on any atom is 0.164 e. The third kappa shape index (κ3) is 4.24. The smallest absolute Gasteiger partial charge is 0.164 e. The summed E-state index contributed by atoms with van der Waals surface area (Å²) in [6.07, 6.45) is 3.88. The van der Waals surface area contributed by atoms with Crippen LogP contribution in [0.3, 0.4) is 0 Å². The van der Waals surface area contributed by atoms with Gasteiger partial charge in [0.2, 0.25) is 0 Å². The summed E-state index contributed by atoms with van der Waals surface area (Å²) in [6, 6.07) is 9.73. The fraction of sp³-hybridized carbons (Fsp3) is 0.250. The van der Waals surface area contributed by atoms with Gasteiger partial charge >= 0.3 is 0 Å². The first kappa shape index (κ1) is 14.3. The van der Waals surface area contributed by atoms with Crippen LogP contribution in [0, 0.1) is 5.82 Å². The molecule has 2 aromatic rings. The molecule has 0 amide bonds. The Morgan fingerprint density at radius 3 is 2.70 bits per heavy atom. The van der Waals surface area contributed by atoms with E-state index in [0.717, 1.165) is 12.1 Å². The van der Waals surface area contributed by atoms with Crippen LogP contribution in [0.1, 0.15) is 22.3 Å². The SMILES string of the molecule is CN(CCC(=O)c1cccc(F)c1)Cc1ccncc1. The molecule has 0 saturated carbocycles. The molecular weight excluding hydrogens is 255 g/mol. The van der Waals surface area contributed by atoms with Crippen LogP contribution in [0.2, 0.25) is 0 Å². The van der Waals surface area contributed by atoms with Gasteiger partial charge in [-0.1, -0.05) is 12.1 Å². The van der Waals surface area contributed by atoms with Gasteiger partial charge in [0.1, 0.15) is 5.82 Å². The number of halogens is 1. The molecule has 1 heterocycles. The van der Waals surface area contributed by atoms with Crippen LogP contribution in [0.25, 0.3) is 0 Å². The van der Waals surface area contributed by atoms with E-state index in [2.05, 4.69) is 9.88 Å². The second-order valence-electron chi connectivity index (χ2n) is 4.78. The maximum absolute atomic E-state index is 13.0. The summed E-state index contributed by atoms with van der Waals surface area (Å²) in [5.41, 5.74) is 1.59. The largest absolute Gasteiger partial charge is 0.302 e. The van der Waals surface area contributed by atoms with Crippen molar-refractivity contribution in [1.29, 1.82) is 0 Å². The lowest BCUT2D eigenvalue weighted by atomic mass is 10.1. The van der Waals surface area contributed by atoms with Crippen molar-refractivity contribution in [1.82, 2.24) is 9.88 Å². The van der Waals surface area contributed by atoms with E-state index in [1.165, 1.54) is 12.1 Å². The highest BCUT2D eigenvalue weighted by atomic mass is 19.1. The zero-order chi connectivity index (χ0) is 14.4. The van der Waals surface area contributed by atoms with Crippen LogP contribution in [-0.4, -0.2) is 29.3 Å². The first-order chi connectivity index (χ1) is 9.65. The van der Waals surface area contributed by atoms with Gasteiger partial charge in [-0.3, -0.25) is 9.78 Å². The van der Waals surface area contributed by atoms with Crippen LogP contribution in [0.15, 0.2) is 48.8 Å². The molecule has 0 unspecified atom stereocenters. The highest BCUT2D eigenvalue weighted by molar-refractivity contribution is 5.96. The van der Waals surface area contributed by atoms with E-state index in [-0.39, 0.29) is 11.6 Å². The Bertz CT molecular complexity index is 572. The normalized spacial score (nSPS) is 10.8. The van der Waals surface area contributed by atoms with E-state index in [1.54, 1.807) is 24.5 Å². The molecule has 104 valence electrons. The van der Waals surface area contributed by atoms with Crippen molar-refractivity contribution in [2.24, 2.45) is 0 Å². The van der Waals surface area contributed by atoms with E-state index in [4.69, 9.17) is 0 Å². The fourth-order valence-corrected chi connectivity index (χ4v) is 1.98. The van der Waals surface area contributed by atoms with Crippen LogP contribution < -0.4 is 0 Å². The minimum atomic E-state index is -0.374. The number of pyridine rings is 1. The van der Waals surface area contributed by atoms with Gasteiger partial charge in [-0.2, -0.15) is 0 Å². The van der Waals surface area contributed by atoms with Gasteiger partial charge in [0, 0.05) is 37.5 Å². The molecule has 1 aromatic carbocycles. The maximum atomic E-state index is 13.0. The monoisotopic (exact) mass is 272 g/mol. The first-order valence-corrected chi connectivity index (χ1v) is 6.51. The van der Waals surface area contributed by atoms with Crippen LogP contribution in [0.5, 0.6) is 0 Å². The number of hydrogen-bond acceptors (Lipinski definition) is 3. The molecule has 2 rings (SSSR count). The third-order valence-corrected chi connectivity index (χ3v) is 3.07. The Labute approximate surface area is 118 Å². The number of aromatic nitrogens is 1. The van der Waals surface area contributed by atoms with Crippen molar-refractivity contribution in [2.75, 3.05) is 13.6 Å². The Balaban J connectivity index is 1.84. The zero-order valence-electron chi connectivity index (χ0n) is 11.4. The zero-order valence-corrected chi connectivity index (χ0v) is 11.4. The summed E-state index contributed by atoms with van der Waals surface area (Å²) in [5.74, 6) is -0.410. The molecule has 0 spiro atoms. The van der Waals surface area contributed by atoms with Gasteiger partial charge in [0.25, 0.3) is 0 Å². The minimum absolute atomic E-state index is 0.0360. The highest BCUT2D eigenvalue weighted by Crippen LogP contribution is 2.08. The van der Waals surface area contributed by atoms with Crippen molar-refractivity contribution >= 4 is 5.78 Å². The molecule has 3 nitrogen and oxygen atoms in total. The summed E-state index contributed by atoms with van der Waals surface area (Å²) in [5, 5.41) is 0. The fourth-order valence-electron chi connectivity index (χ4n) is 1.98. The molecule has 0 radical (unpaired) electrons. The molecule has 0 bridgehead atoms. The quantitative estimate of drug-likeness (QED) is 0.758. The summed E-state index contributed by atoms with van der Waals surface area (Å²) in [7, 11) is 1.96.